The van der Waals surface area contributed by atoms with Crippen molar-refractivity contribution in [3.8, 4) is 0 Å². The van der Waals surface area contributed by atoms with Crippen LogP contribution in [0.4, 0.5) is 0 Å². The average Bonchev–Trinajstić information content (AvgIpc) is 3.17. The molecule has 0 bridgehead atoms. The first-order valence-electron chi connectivity index (χ1n) is 20.1. The molecular weight excluding hydrogens is 737 g/mol. The number of rotatable bonds is 10. The Morgan fingerprint density at radius 1 is 0.346 bits per heavy atom. The average molecular weight is 814 g/mol. The van der Waals surface area contributed by atoms with Crippen LogP contribution in [0.3, 0.4) is 0 Å². The summed E-state index contributed by atoms with van der Waals surface area (Å²) < 4.78 is 0. The van der Waals surface area contributed by atoms with Crippen molar-refractivity contribution in [3.05, 3.63) is 76.5 Å². The third-order valence-electron chi connectivity index (χ3n) is 12.3. The Balaban J connectivity index is 2.54. The molecule has 0 nitrogen and oxygen atoms in total. The van der Waals surface area contributed by atoms with Crippen LogP contribution in [0.1, 0.15) is 27.7 Å². The molecule has 0 saturated heterocycles. The van der Waals surface area contributed by atoms with Crippen LogP contribution in [0.5, 0.6) is 0 Å². The molecule has 0 aliphatic heterocycles. The van der Waals surface area contributed by atoms with Gasteiger partial charge in [-0.15, -0.1) is 0 Å². The summed E-state index contributed by atoms with van der Waals surface area (Å²) in [5.41, 5.74) is 4.70. The zero-order valence-electron chi connectivity index (χ0n) is 37.8. The van der Waals surface area contributed by atoms with E-state index in [4.69, 9.17) is 0 Å². The highest BCUT2D eigenvalue weighted by atomic mass is 28.3. The van der Waals surface area contributed by atoms with Crippen molar-refractivity contribution in [2.45, 2.75) is 146 Å². The third kappa shape index (κ3) is 7.98. The predicted molar refractivity (Wildman–Crippen MR) is 262 cm³/mol. The summed E-state index contributed by atoms with van der Waals surface area (Å²) in [6.07, 6.45) is 0. The smallest absolute Gasteiger partial charge is 0.0656 e. The molecule has 0 saturated carbocycles. The maximum absolute atomic E-state index is 2.92. The Morgan fingerprint density at radius 2 is 0.615 bits per heavy atom. The van der Waals surface area contributed by atoms with Crippen molar-refractivity contribution in [1.82, 2.24) is 0 Å². The van der Waals surface area contributed by atoms with Crippen molar-refractivity contribution in [2.75, 3.05) is 0 Å². The first-order chi connectivity index (χ1) is 23.3. The first-order valence-corrected chi connectivity index (χ1v) is 43.1. The summed E-state index contributed by atoms with van der Waals surface area (Å²) in [5.74, 6) is 0.412. The van der Waals surface area contributed by atoms with E-state index >= 15 is 0 Å². The van der Waals surface area contributed by atoms with Crippen LogP contribution < -0.4 is 46.7 Å². The second-order valence-corrected chi connectivity index (χ2v) is 56.6. The van der Waals surface area contributed by atoms with E-state index in [-0.39, 0.29) is 0 Å². The van der Waals surface area contributed by atoms with E-state index in [0.29, 0.717) is 5.92 Å². The highest BCUT2D eigenvalue weighted by Crippen LogP contribution is 2.41. The van der Waals surface area contributed by atoms with Gasteiger partial charge in [-0.25, -0.2) is 0 Å². The fourth-order valence-corrected chi connectivity index (χ4v) is 27.9. The summed E-state index contributed by atoms with van der Waals surface area (Å²) >= 11 is 0. The summed E-state index contributed by atoms with van der Waals surface area (Å²) in [4.78, 5) is 0. The maximum atomic E-state index is 2.77. The van der Waals surface area contributed by atoms with E-state index in [1.165, 1.54) is 5.57 Å². The van der Waals surface area contributed by atoms with Crippen LogP contribution in [-0.2, 0) is 0 Å². The van der Waals surface area contributed by atoms with E-state index in [2.05, 4.69) is 200 Å². The van der Waals surface area contributed by atoms with Crippen LogP contribution in [0.15, 0.2) is 76.5 Å². The molecule has 1 unspecified atom stereocenters. The molecule has 0 heterocycles. The fourth-order valence-electron chi connectivity index (χ4n) is 8.72. The minimum atomic E-state index is -2.92. The second kappa shape index (κ2) is 14.0. The Bertz CT molecular complexity index is 1740. The van der Waals surface area contributed by atoms with Gasteiger partial charge in [0.25, 0.3) is 0 Å². The summed E-state index contributed by atoms with van der Waals surface area (Å²) in [6.45, 7) is 56.5. The van der Waals surface area contributed by atoms with Gasteiger partial charge >= 0.3 is 0 Å². The van der Waals surface area contributed by atoms with Crippen molar-refractivity contribution >= 4 is 103 Å². The molecule has 0 amide bonds. The van der Waals surface area contributed by atoms with E-state index < -0.39 is 56.5 Å². The molecule has 0 radical (unpaired) electrons. The van der Waals surface area contributed by atoms with Crippen LogP contribution in [0, 0.1) is 5.92 Å². The lowest BCUT2D eigenvalue weighted by Gasteiger charge is -2.46. The van der Waals surface area contributed by atoms with Gasteiger partial charge in [0.15, 0.2) is 8.07 Å². The van der Waals surface area contributed by atoms with Gasteiger partial charge in [0.1, 0.15) is 0 Å². The van der Waals surface area contributed by atoms with Gasteiger partial charge in [-0.1, -0.05) is 227 Å². The molecular formula is C45H76Si7. The largest absolute Gasteiger partial charge is 0.176 e. The van der Waals surface area contributed by atoms with Gasteiger partial charge in [0.2, 0.25) is 0 Å². The highest BCUT2D eigenvalue weighted by Gasteiger charge is 2.53. The molecule has 284 valence electrons. The summed E-state index contributed by atoms with van der Waals surface area (Å²) in [6, 6.07) is 24.4. The van der Waals surface area contributed by atoms with Crippen LogP contribution >= 0.6 is 0 Å². The topological polar surface area (TPSA) is 0 Å². The summed E-state index contributed by atoms with van der Waals surface area (Å²) in [7, 11) is -13.1. The van der Waals surface area contributed by atoms with E-state index in [1.54, 1.807) is 63.0 Å². The van der Waals surface area contributed by atoms with Gasteiger partial charge in [-0.3, -0.25) is 0 Å². The lowest BCUT2D eigenvalue weighted by molar-refractivity contribution is 0.852. The third-order valence-corrected chi connectivity index (χ3v) is 30.7. The van der Waals surface area contributed by atoms with E-state index in [9.17, 15) is 0 Å². The molecule has 0 N–H and O–H groups in total. The maximum Gasteiger partial charge on any atom is 0.176 e. The molecule has 0 spiro atoms. The van der Waals surface area contributed by atoms with Gasteiger partial charge < -0.3 is 0 Å². The molecule has 3 aromatic rings. The molecule has 1 aliphatic rings. The molecule has 3 aromatic carbocycles. The van der Waals surface area contributed by atoms with Crippen LogP contribution in [0.2, 0.25) is 118 Å². The number of hydrogen-bond donors (Lipinski definition) is 0. The Morgan fingerprint density at radius 3 is 0.808 bits per heavy atom. The van der Waals surface area contributed by atoms with E-state index in [1.807, 2.05) is 0 Å². The Hall–Kier alpha value is -1.34. The molecule has 52 heavy (non-hydrogen) atoms. The minimum Gasteiger partial charge on any atom is -0.0656 e. The molecule has 1 atom stereocenters. The molecule has 0 aromatic heterocycles. The molecule has 7 heteroatoms. The minimum absolute atomic E-state index is 0.412. The number of benzene rings is 3. The van der Waals surface area contributed by atoms with Crippen molar-refractivity contribution < 1.29 is 0 Å². The number of allylic oxidation sites excluding steroid dienone is 4. The SMILES string of the molecule is CC1=C(C)C(C)C([Si](c2ccc([Si](C)(C)C)cc2[Si](C)(C)C)(c2ccc([Si](C)(C)C)cc2[Si](C)(C)C)c2ccc([Si](C)(C)C)cc2[Si](C)(C)C)=C1C. The first kappa shape index (κ1) is 43.4. The van der Waals surface area contributed by atoms with Crippen LogP contribution in [-0.4, -0.2) is 56.5 Å². The van der Waals surface area contributed by atoms with Gasteiger partial charge in [0, 0.05) is 0 Å². The quantitative estimate of drug-likeness (QED) is 0.143. The summed E-state index contributed by atoms with van der Waals surface area (Å²) in [5, 5.41) is 17.0. The van der Waals surface area contributed by atoms with Gasteiger partial charge in [-0.05, 0) is 47.8 Å². The number of hydrogen-bond acceptors (Lipinski definition) is 0. The zero-order valence-corrected chi connectivity index (χ0v) is 44.8. The van der Waals surface area contributed by atoms with Crippen molar-refractivity contribution in [1.29, 1.82) is 0 Å². The second-order valence-electron chi connectivity index (χ2n) is 22.6. The van der Waals surface area contributed by atoms with Gasteiger partial charge in [0.05, 0.1) is 48.4 Å². The lowest BCUT2D eigenvalue weighted by Crippen LogP contribution is -2.81. The fraction of sp³-hybridized carbons (Fsp3) is 0.511. The lowest BCUT2D eigenvalue weighted by atomic mass is 10.1. The van der Waals surface area contributed by atoms with Gasteiger partial charge in [-0.2, -0.15) is 0 Å². The zero-order chi connectivity index (χ0) is 39.9. The van der Waals surface area contributed by atoms with Crippen LogP contribution in [0.25, 0.3) is 0 Å². The monoisotopic (exact) mass is 812 g/mol. The molecule has 4 rings (SSSR count). The predicted octanol–water partition coefficient (Wildman–Crippen LogP) is 8.27. The highest BCUT2D eigenvalue weighted by molar-refractivity contribution is 7.22. The van der Waals surface area contributed by atoms with Crippen molar-refractivity contribution in [2.24, 2.45) is 5.92 Å². The normalized spacial score (nSPS) is 17.1. The van der Waals surface area contributed by atoms with E-state index in [0.717, 1.165) is 0 Å². The Kier molecular flexibility index (Phi) is 11.7. The van der Waals surface area contributed by atoms with Crippen molar-refractivity contribution in [3.63, 3.8) is 0 Å². The Labute approximate surface area is 329 Å². The standard InChI is InChI=1S/C45H76Si7/c1-32-33(2)35(4)45(34(32)3)52(39-26-23-36(46(5,6)7)29-42(39)49(14,15)16,40-27-24-37(47(8,9)10)30-43(40)50(17,18)19)41-28-25-38(48(11,12)13)31-44(41)51(20,21)22/h23-31,34H,1-22H3. The molecule has 1 aliphatic carbocycles. The molecule has 0 fully saturated rings.